The van der Waals surface area contributed by atoms with Crippen LogP contribution >= 0.6 is 11.8 Å². The smallest absolute Gasteiger partial charge is 0.234 e. The predicted octanol–water partition coefficient (Wildman–Crippen LogP) is 3.58. The average molecular weight is 410 g/mol. The lowest BCUT2D eigenvalue weighted by Crippen LogP contribution is -2.15. The fraction of sp³-hybridized carbons (Fsp3) is 0.238. The molecule has 2 aromatic carbocycles. The van der Waals surface area contributed by atoms with Gasteiger partial charge < -0.3 is 15.2 Å². The van der Waals surface area contributed by atoms with Crippen LogP contribution in [0.15, 0.2) is 59.8 Å². The molecule has 7 nitrogen and oxygen atoms in total. The van der Waals surface area contributed by atoms with Crippen LogP contribution in [0.2, 0.25) is 0 Å². The molecule has 0 aliphatic heterocycles. The SMILES string of the molecule is CCn1c(Cc2ccccc2)nnc1SCC(=O)Nc1cccc(NC(C)=O)c1. The van der Waals surface area contributed by atoms with Crippen molar-refractivity contribution >= 4 is 35.0 Å². The van der Waals surface area contributed by atoms with Gasteiger partial charge in [0, 0.05) is 31.3 Å². The van der Waals surface area contributed by atoms with Crippen molar-refractivity contribution in [3.8, 4) is 0 Å². The summed E-state index contributed by atoms with van der Waals surface area (Å²) in [5, 5.41) is 14.8. The van der Waals surface area contributed by atoms with Gasteiger partial charge in [0.25, 0.3) is 0 Å². The lowest BCUT2D eigenvalue weighted by molar-refractivity contribution is -0.114. The maximum absolute atomic E-state index is 12.3. The minimum Gasteiger partial charge on any atom is -0.326 e. The Morgan fingerprint density at radius 2 is 1.72 bits per heavy atom. The molecule has 3 rings (SSSR count). The minimum atomic E-state index is -0.158. The van der Waals surface area contributed by atoms with Crippen LogP contribution in [-0.2, 0) is 22.6 Å². The summed E-state index contributed by atoms with van der Waals surface area (Å²) in [4.78, 5) is 23.5. The van der Waals surface area contributed by atoms with Gasteiger partial charge in [-0.1, -0.05) is 48.2 Å². The Balaban J connectivity index is 1.59. The van der Waals surface area contributed by atoms with Crippen LogP contribution in [0.25, 0.3) is 0 Å². The third-order valence-electron chi connectivity index (χ3n) is 4.11. The van der Waals surface area contributed by atoms with Crippen molar-refractivity contribution in [2.75, 3.05) is 16.4 Å². The average Bonchev–Trinajstić information content (AvgIpc) is 3.08. The number of carbonyl (C=O) groups excluding carboxylic acids is 2. The van der Waals surface area contributed by atoms with Crippen LogP contribution < -0.4 is 10.6 Å². The largest absolute Gasteiger partial charge is 0.326 e. The molecule has 1 aromatic heterocycles. The van der Waals surface area contributed by atoms with Crippen molar-refractivity contribution < 1.29 is 9.59 Å². The van der Waals surface area contributed by atoms with Crippen molar-refractivity contribution in [1.29, 1.82) is 0 Å². The normalized spacial score (nSPS) is 10.6. The molecule has 29 heavy (non-hydrogen) atoms. The van der Waals surface area contributed by atoms with Gasteiger partial charge >= 0.3 is 0 Å². The Kier molecular flexibility index (Phi) is 7.02. The van der Waals surface area contributed by atoms with Gasteiger partial charge in [0.15, 0.2) is 5.16 Å². The van der Waals surface area contributed by atoms with Crippen LogP contribution in [0.3, 0.4) is 0 Å². The van der Waals surface area contributed by atoms with Crippen LogP contribution in [0.5, 0.6) is 0 Å². The van der Waals surface area contributed by atoms with E-state index in [4.69, 9.17) is 0 Å². The molecule has 0 atom stereocenters. The highest BCUT2D eigenvalue weighted by Crippen LogP contribution is 2.20. The number of hydrogen-bond acceptors (Lipinski definition) is 5. The molecule has 0 unspecified atom stereocenters. The van der Waals surface area contributed by atoms with Gasteiger partial charge in [0.2, 0.25) is 11.8 Å². The fourth-order valence-electron chi connectivity index (χ4n) is 2.86. The van der Waals surface area contributed by atoms with Gasteiger partial charge in [-0.2, -0.15) is 0 Å². The Hall–Kier alpha value is -3.13. The zero-order valence-corrected chi connectivity index (χ0v) is 17.2. The van der Waals surface area contributed by atoms with E-state index in [-0.39, 0.29) is 17.6 Å². The van der Waals surface area contributed by atoms with E-state index in [0.717, 1.165) is 17.5 Å². The van der Waals surface area contributed by atoms with E-state index in [9.17, 15) is 9.59 Å². The molecule has 0 fully saturated rings. The lowest BCUT2D eigenvalue weighted by atomic mass is 10.1. The number of carbonyl (C=O) groups is 2. The number of anilines is 2. The van der Waals surface area contributed by atoms with E-state index in [1.54, 1.807) is 24.3 Å². The minimum absolute atomic E-state index is 0.148. The molecule has 0 aliphatic rings. The van der Waals surface area contributed by atoms with E-state index < -0.39 is 0 Å². The second-order valence-electron chi connectivity index (χ2n) is 6.40. The summed E-state index contributed by atoms with van der Waals surface area (Å²) in [6.45, 7) is 4.21. The van der Waals surface area contributed by atoms with Crippen LogP contribution in [0.4, 0.5) is 11.4 Å². The zero-order chi connectivity index (χ0) is 20.6. The summed E-state index contributed by atoms with van der Waals surface area (Å²) in [7, 11) is 0. The highest BCUT2D eigenvalue weighted by atomic mass is 32.2. The number of benzene rings is 2. The molecule has 2 amide bonds. The molecule has 0 radical (unpaired) electrons. The summed E-state index contributed by atoms with van der Waals surface area (Å²) in [6, 6.07) is 17.2. The summed E-state index contributed by atoms with van der Waals surface area (Å²) in [5.41, 5.74) is 2.44. The Labute approximate surface area is 173 Å². The molecule has 0 aliphatic carbocycles. The number of aromatic nitrogens is 3. The highest BCUT2D eigenvalue weighted by molar-refractivity contribution is 7.99. The first kappa shape index (κ1) is 20.6. The topological polar surface area (TPSA) is 88.9 Å². The number of rotatable bonds is 8. The molecule has 3 aromatic rings. The molecule has 1 heterocycles. The van der Waals surface area contributed by atoms with Gasteiger partial charge in [-0.05, 0) is 30.7 Å². The standard InChI is InChI=1S/C21H23N5O2S/c1-3-26-19(12-16-8-5-4-6-9-16)24-25-21(26)29-14-20(28)23-18-11-7-10-17(13-18)22-15(2)27/h4-11,13H,3,12,14H2,1-2H3,(H,22,27)(H,23,28). The molecule has 0 bridgehead atoms. The number of nitrogens with zero attached hydrogens (tertiary/aromatic N) is 3. The first-order chi connectivity index (χ1) is 14.0. The first-order valence-corrected chi connectivity index (χ1v) is 10.3. The van der Waals surface area contributed by atoms with Gasteiger partial charge in [-0.25, -0.2) is 0 Å². The third kappa shape index (κ3) is 5.92. The monoisotopic (exact) mass is 409 g/mol. The quantitative estimate of drug-likeness (QED) is 0.555. The maximum atomic E-state index is 12.3. The molecule has 150 valence electrons. The molecule has 8 heteroatoms. The second kappa shape index (κ2) is 9.88. The third-order valence-corrected chi connectivity index (χ3v) is 5.08. The van der Waals surface area contributed by atoms with Gasteiger partial charge in [-0.15, -0.1) is 10.2 Å². The summed E-state index contributed by atoms with van der Waals surface area (Å²) in [5.74, 6) is 0.789. The predicted molar refractivity (Wildman–Crippen MR) is 115 cm³/mol. The zero-order valence-electron chi connectivity index (χ0n) is 16.4. The molecule has 2 N–H and O–H groups in total. The number of amides is 2. The van der Waals surface area contributed by atoms with Crippen LogP contribution in [0.1, 0.15) is 25.2 Å². The molecule has 0 saturated carbocycles. The van der Waals surface area contributed by atoms with Crippen molar-refractivity contribution in [3.05, 3.63) is 66.0 Å². The molecular weight excluding hydrogens is 386 g/mol. The van der Waals surface area contributed by atoms with Crippen LogP contribution in [0, 0.1) is 0 Å². The Bertz CT molecular complexity index is 988. The molecule has 0 saturated heterocycles. The first-order valence-electron chi connectivity index (χ1n) is 9.31. The summed E-state index contributed by atoms with van der Waals surface area (Å²) >= 11 is 1.35. The van der Waals surface area contributed by atoms with E-state index in [0.29, 0.717) is 17.8 Å². The van der Waals surface area contributed by atoms with Crippen molar-refractivity contribution in [1.82, 2.24) is 14.8 Å². The van der Waals surface area contributed by atoms with Crippen LogP contribution in [-0.4, -0.2) is 32.3 Å². The van der Waals surface area contributed by atoms with Gasteiger partial charge in [-0.3, -0.25) is 9.59 Å². The van der Waals surface area contributed by atoms with Gasteiger partial charge in [0.05, 0.1) is 5.75 Å². The molecular formula is C21H23N5O2S. The number of nitrogens with one attached hydrogen (secondary N) is 2. The van der Waals surface area contributed by atoms with E-state index in [1.165, 1.54) is 24.2 Å². The number of thioether (sulfide) groups is 1. The lowest BCUT2D eigenvalue weighted by Gasteiger charge is -2.09. The molecule has 0 spiro atoms. The van der Waals surface area contributed by atoms with Crippen molar-refractivity contribution in [2.24, 2.45) is 0 Å². The number of hydrogen-bond donors (Lipinski definition) is 2. The Morgan fingerprint density at radius 1 is 1.00 bits per heavy atom. The summed E-state index contributed by atoms with van der Waals surface area (Å²) in [6.07, 6.45) is 0.699. The van der Waals surface area contributed by atoms with Crippen molar-refractivity contribution in [3.63, 3.8) is 0 Å². The maximum Gasteiger partial charge on any atom is 0.234 e. The van der Waals surface area contributed by atoms with Crippen molar-refractivity contribution in [2.45, 2.75) is 32.0 Å². The van der Waals surface area contributed by atoms with E-state index in [2.05, 4.69) is 33.0 Å². The Morgan fingerprint density at radius 3 is 2.41 bits per heavy atom. The summed E-state index contributed by atoms with van der Waals surface area (Å²) < 4.78 is 2.03. The van der Waals surface area contributed by atoms with Gasteiger partial charge in [0.1, 0.15) is 5.82 Å². The van der Waals surface area contributed by atoms with E-state index >= 15 is 0 Å². The second-order valence-corrected chi connectivity index (χ2v) is 7.35. The fourth-order valence-corrected chi connectivity index (χ4v) is 3.68. The van der Waals surface area contributed by atoms with E-state index in [1.807, 2.05) is 29.7 Å². The highest BCUT2D eigenvalue weighted by Gasteiger charge is 2.14.